The van der Waals surface area contributed by atoms with Crippen LogP contribution in [0.25, 0.3) is 11.1 Å². The van der Waals surface area contributed by atoms with E-state index in [0.717, 1.165) is 66.0 Å². The third-order valence-electron chi connectivity index (χ3n) is 8.18. The smallest absolute Gasteiger partial charge is 0.264 e. The molecule has 0 radical (unpaired) electrons. The molecule has 2 aliphatic rings. The summed E-state index contributed by atoms with van der Waals surface area (Å²) in [5.74, 6) is 1.48. The van der Waals surface area contributed by atoms with Crippen molar-refractivity contribution in [2.24, 2.45) is 5.41 Å². The summed E-state index contributed by atoms with van der Waals surface area (Å²) in [5, 5.41) is 5.70. The van der Waals surface area contributed by atoms with Gasteiger partial charge in [0.1, 0.15) is 11.5 Å². The van der Waals surface area contributed by atoms with Gasteiger partial charge in [0.25, 0.3) is 10.1 Å². The molecule has 0 saturated carbocycles. The minimum Gasteiger partial charge on any atom is -0.456 e. The average Bonchev–Trinajstić information content (AvgIpc) is 2.97. The van der Waals surface area contributed by atoms with Crippen molar-refractivity contribution in [2.75, 3.05) is 23.7 Å². The lowest BCUT2D eigenvalue weighted by Crippen LogP contribution is -2.30. The Kier molecular flexibility index (Phi) is 11.9. The molecule has 1 unspecified atom stereocenters. The zero-order valence-electron chi connectivity index (χ0n) is 27.1. The van der Waals surface area contributed by atoms with Crippen molar-refractivity contribution >= 4 is 27.0 Å². The third kappa shape index (κ3) is 8.21. The van der Waals surface area contributed by atoms with Crippen LogP contribution in [0.3, 0.4) is 0 Å². The normalized spacial score (nSPS) is 17.0. The SMILES string of the molecule is C=C(CCCS(=O)(=O)O)NC1=CC(C)(C2=c3ccc(=C(CC)CC)cc3Oc3cc(N(CC)CC)ccc32)CC=C1.CC.[HH].[HH]. The highest BCUT2D eigenvalue weighted by Gasteiger charge is 2.34. The molecule has 238 valence electrons. The van der Waals surface area contributed by atoms with Crippen LogP contribution in [0.15, 0.2) is 72.6 Å². The molecule has 43 heavy (non-hydrogen) atoms. The van der Waals surface area contributed by atoms with Crippen molar-refractivity contribution < 1.29 is 20.6 Å². The maximum Gasteiger partial charge on any atom is 0.264 e. The Morgan fingerprint density at radius 1 is 1.07 bits per heavy atom. The quantitative estimate of drug-likeness (QED) is 0.238. The second-order valence-electron chi connectivity index (χ2n) is 11.1. The molecular weight excluding hydrogens is 556 g/mol. The summed E-state index contributed by atoms with van der Waals surface area (Å²) in [5.41, 5.74) is 6.17. The first kappa shape index (κ1) is 34.2. The molecule has 1 heterocycles. The van der Waals surface area contributed by atoms with Crippen LogP contribution in [0.2, 0.25) is 0 Å². The molecule has 4 rings (SSSR count). The van der Waals surface area contributed by atoms with Crippen LogP contribution in [0.4, 0.5) is 5.69 Å². The van der Waals surface area contributed by atoms with Gasteiger partial charge in [-0.15, -0.1) is 0 Å². The first-order valence-electron chi connectivity index (χ1n) is 15.7. The minimum atomic E-state index is -3.98. The second-order valence-corrected chi connectivity index (χ2v) is 12.7. The Balaban J connectivity index is 0.00000248. The fourth-order valence-electron chi connectivity index (χ4n) is 6.03. The fraction of sp³-hybridized carbons (Fsp3) is 0.444. The van der Waals surface area contributed by atoms with Gasteiger partial charge in [-0.3, -0.25) is 4.55 Å². The Hall–Kier alpha value is -3.29. The summed E-state index contributed by atoms with van der Waals surface area (Å²) in [4.78, 5) is 2.33. The number of fused-ring (bicyclic) bond motifs is 2. The van der Waals surface area contributed by atoms with Crippen LogP contribution in [0.5, 0.6) is 11.5 Å². The fourth-order valence-corrected chi connectivity index (χ4v) is 6.53. The molecule has 0 amide bonds. The van der Waals surface area contributed by atoms with Gasteiger partial charge in [-0.2, -0.15) is 8.42 Å². The monoisotopic (exact) mass is 610 g/mol. The summed E-state index contributed by atoms with van der Waals surface area (Å²) < 4.78 is 38.0. The van der Waals surface area contributed by atoms with E-state index in [2.05, 4.69) is 100.0 Å². The number of hydrogen-bond donors (Lipinski definition) is 2. The standard InChI is InChI=1S/C34H44N2O4S.C2H6.2H2/c1-7-25(8-2)26-15-17-29-31(21-26)40-32-22-28(36(9-3)10-4)16-18-30(32)33(29)34(6)19-11-14-27(23-34)35-24(5)13-12-20-41(37,38)39;1-2;;/h11,14-18,21-23,35H,5,7-10,12-13,19-20H2,1-4,6H3,(H,37,38,39);1-2H3;2*1H. The van der Waals surface area contributed by atoms with Crippen molar-refractivity contribution in [1.29, 1.82) is 0 Å². The van der Waals surface area contributed by atoms with Crippen molar-refractivity contribution in [3.05, 3.63) is 88.6 Å². The molecule has 0 aromatic heterocycles. The lowest BCUT2D eigenvalue weighted by atomic mass is 9.71. The van der Waals surface area contributed by atoms with Crippen molar-refractivity contribution in [3.63, 3.8) is 0 Å². The summed E-state index contributed by atoms with van der Waals surface area (Å²) in [6, 6.07) is 13.2. The molecule has 7 heteroatoms. The average molecular weight is 611 g/mol. The van der Waals surface area contributed by atoms with Crippen LogP contribution in [-0.2, 0) is 10.1 Å². The van der Waals surface area contributed by atoms with E-state index >= 15 is 0 Å². The number of ether oxygens (including phenoxy) is 1. The zero-order chi connectivity index (χ0) is 31.8. The van der Waals surface area contributed by atoms with Gasteiger partial charge in [0, 0.05) is 55.3 Å². The third-order valence-corrected chi connectivity index (χ3v) is 8.99. The van der Waals surface area contributed by atoms with Crippen molar-refractivity contribution in [3.8, 4) is 11.5 Å². The maximum atomic E-state index is 11.1. The first-order chi connectivity index (χ1) is 20.5. The molecule has 1 aliphatic carbocycles. The van der Waals surface area contributed by atoms with Crippen LogP contribution < -0.4 is 25.4 Å². The van der Waals surface area contributed by atoms with Crippen molar-refractivity contribution in [2.45, 2.75) is 80.6 Å². The molecule has 2 N–H and O–H groups in total. The van der Waals surface area contributed by atoms with Crippen LogP contribution in [-0.4, -0.2) is 31.8 Å². The molecule has 2 aromatic rings. The number of nitrogens with zero attached hydrogens (tertiary/aromatic N) is 1. The lowest BCUT2D eigenvalue weighted by molar-refractivity contribution is 0.461. The highest BCUT2D eigenvalue weighted by molar-refractivity contribution is 7.85. The van der Waals surface area contributed by atoms with E-state index in [-0.39, 0.29) is 14.0 Å². The van der Waals surface area contributed by atoms with Gasteiger partial charge >= 0.3 is 0 Å². The Bertz CT molecular complexity index is 1610. The van der Waals surface area contributed by atoms with Crippen LogP contribution in [0, 0.1) is 5.41 Å². The Morgan fingerprint density at radius 2 is 1.77 bits per heavy atom. The summed E-state index contributed by atoms with van der Waals surface area (Å²) in [6.07, 6.45) is 10.1. The topological polar surface area (TPSA) is 78.9 Å². The van der Waals surface area contributed by atoms with E-state index in [1.54, 1.807) is 0 Å². The molecule has 1 aliphatic heterocycles. The Morgan fingerprint density at radius 3 is 2.40 bits per heavy atom. The number of rotatable bonds is 12. The van der Waals surface area contributed by atoms with Crippen molar-refractivity contribution in [1.82, 2.24) is 5.32 Å². The number of benzene rings is 2. The first-order valence-corrected chi connectivity index (χ1v) is 17.4. The molecule has 0 bridgehead atoms. The number of anilines is 1. The van der Waals surface area contributed by atoms with Gasteiger partial charge in [-0.25, -0.2) is 0 Å². The summed E-state index contributed by atoms with van der Waals surface area (Å²) >= 11 is 0. The predicted octanol–water partition coefficient (Wildman–Crippen LogP) is 7.95. The highest BCUT2D eigenvalue weighted by atomic mass is 32.2. The second kappa shape index (κ2) is 14.9. The molecular formula is C36H54N2O4S. The zero-order valence-corrected chi connectivity index (χ0v) is 27.9. The van der Waals surface area contributed by atoms with Gasteiger partial charge in [0.05, 0.1) is 5.75 Å². The van der Waals surface area contributed by atoms with E-state index in [9.17, 15) is 8.42 Å². The predicted molar refractivity (Wildman–Crippen MR) is 186 cm³/mol. The van der Waals surface area contributed by atoms with E-state index in [0.29, 0.717) is 18.5 Å². The largest absolute Gasteiger partial charge is 0.456 e. The molecule has 0 saturated heterocycles. The molecule has 1 atom stereocenters. The summed E-state index contributed by atoms with van der Waals surface area (Å²) in [6.45, 7) is 20.9. The minimum absolute atomic E-state index is 0. The number of hydrogen-bond acceptors (Lipinski definition) is 5. The molecule has 0 fully saturated rings. The van der Waals surface area contributed by atoms with Gasteiger partial charge in [0.15, 0.2) is 0 Å². The van der Waals surface area contributed by atoms with E-state index < -0.39 is 10.1 Å². The number of nitrogens with one attached hydrogen (secondary N) is 1. The maximum absolute atomic E-state index is 11.1. The van der Waals surface area contributed by atoms with Gasteiger partial charge in [-0.05, 0) is 81.0 Å². The van der Waals surface area contributed by atoms with E-state index in [4.69, 9.17) is 9.29 Å². The molecule has 6 nitrogen and oxygen atoms in total. The van der Waals surface area contributed by atoms with Gasteiger partial charge < -0.3 is 15.0 Å². The van der Waals surface area contributed by atoms with E-state index in [1.165, 1.54) is 16.4 Å². The lowest BCUT2D eigenvalue weighted by Gasteiger charge is -2.35. The molecule has 2 aromatic carbocycles. The van der Waals surface area contributed by atoms with Crippen LogP contribution >= 0.6 is 0 Å². The Labute approximate surface area is 262 Å². The number of allylic oxidation sites excluding steroid dienone is 4. The summed E-state index contributed by atoms with van der Waals surface area (Å²) in [7, 11) is -3.98. The van der Waals surface area contributed by atoms with E-state index in [1.807, 2.05) is 19.9 Å². The van der Waals surface area contributed by atoms with Crippen LogP contribution in [0.1, 0.15) is 89.0 Å². The van der Waals surface area contributed by atoms with Gasteiger partial charge in [0.2, 0.25) is 0 Å². The molecule has 0 spiro atoms. The highest BCUT2D eigenvalue weighted by Crippen LogP contribution is 2.47. The van der Waals surface area contributed by atoms with Gasteiger partial charge in [-0.1, -0.05) is 71.1 Å².